The van der Waals surface area contributed by atoms with Crippen molar-refractivity contribution >= 4 is 64.4 Å². The molecule has 1 aliphatic rings. The molecule has 1 atom stereocenters. The van der Waals surface area contributed by atoms with Gasteiger partial charge in [0.25, 0.3) is 11.8 Å². The van der Waals surface area contributed by atoms with Crippen LogP contribution in [0.15, 0.2) is 108 Å². The summed E-state index contributed by atoms with van der Waals surface area (Å²) in [5.41, 5.74) is 3.22. The van der Waals surface area contributed by atoms with Crippen molar-refractivity contribution < 1.29 is 23.9 Å². The Morgan fingerprint density at radius 1 is 0.957 bits per heavy atom. The maximum Gasteiger partial charge on any atom is 0.272 e. The summed E-state index contributed by atoms with van der Waals surface area (Å²) in [6, 6.07) is 28.2. The molecule has 8 nitrogen and oxygen atoms in total. The number of imide groups is 1. The maximum atomic E-state index is 13.6. The third-order valence-electron chi connectivity index (χ3n) is 7.31. The maximum absolute atomic E-state index is 13.6. The minimum Gasteiger partial charge on any atom is -0.495 e. The van der Waals surface area contributed by atoms with Crippen molar-refractivity contribution in [3.8, 4) is 5.75 Å². The van der Waals surface area contributed by atoms with Crippen molar-refractivity contribution in [3.63, 3.8) is 0 Å². The van der Waals surface area contributed by atoms with Gasteiger partial charge in [0.15, 0.2) is 0 Å². The molecule has 0 bridgehead atoms. The van der Waals surface area contributed by atoms with Gasteiger partial charge in [-0.25, -0.2) is 4.90 Å². The number of methoxy groups -OCH3 is 1. The number of nitrogens with zero attached hydrogens (tertiary/aromatic N) is 1. The van der Waals surface area contributed by atoms with Crippen molar-refractivity contribution in [2.75, 3.05) is 17.3 Å². The van der Waals surface area contributed by atoms with Gasteiger partial charge in [0.1, 0.15) is 11.4 Å². The van der Waals surface area contributed by atoms with Crippen LogP contribution in [0.5, 0.6) is 5.75 Å². The van der Waals surface area contributed by atoms with Gasteiger partial charge >= 0.3 is 0 Å². The number of amides is 4. The van der Waals surface area contributed by atoms with Gasteiger partial charge < -0.3 is 15.4 Å². The second kappa shape index (κ2) is 14.5. The fourth-order valence-corrected chi connectivity index (χ4v) is 6.22. The molecule has 1 fully saturated rings. The van der Waals surface area contributed by atoms with E-state index in [0.717, 1.165) is 16.0 Å². The molecule has 0 spiro atoms. The van der Waals surface area contributed by atoms with Gasteiger partial charge in [-0.15, -0.1) is 11.8 Å². The summed E-state index contributed by atoms with van der Waals surface area (Å²) in [6.45, 7) is 4.20. The fourth-order valence-electron chi connectivity index (χ4n) is 4.86. The molecule has 0 aromatic heterocycles. The Kier molecular flexibility index (Phi) is 10.2. The van der Waals surface area contributed by atoms with Gasteiger partial charge in [0.05, 0.1) is 23.1 Å². The SMILES string of the molecule is COc1ccc(N2C(=O)C[C@@H](Sc3cccc(NC(=O)/C(=C/c4ccc(C(C)C)cc4)NC(=O)c4ccccc4)c3)C2=O)cc1Cl. The van der Waals surface area contributed by atoms with Gasteiger partial charge in [-0.1, -0.05) is 74.0 Å². The molecule has 4 amide bonds. The topological polar surface area (TPSA) is 105 Å². The van der Waals surface area contributed by atoms with Crippen LogP contribution >= 0.6 is 23.4 Å². The van der Waals surface area contributed by atoms with E-state index in [-0.39, 0.29) is 23.9 Å². The first-order valence-electron chi connectivity index (χ1n) is 14.6. The quantitative estimate of drug-likeness (QED) is 0.137. The van der Waals surface area contributed by atoms with E-state index in [9.17, 15) is 19.2 Å². The zero-order chi connectivity index (χ0) is 32.8. The van der Waals surface area contributed by atoms with E-state index in [1.165, 1.54) is 24.9 Å². The zero-order valence-electron chi connectivity index (χ0n) is 25.5. The Labute approximate surface area is 276 Å². The molecule has 4 aromatic rings. The average Bonchev–Trinajstić information content (AvgIpc) is 3.33. The molecule has 0 aliphatic carbocycles. The molecule has 0 saturated carbocycles. The lowest BCUT2D eigenvalue weighted by atomic mass is 10.0. The van der Waals surface area contributed by atoms with E-state index in [1.54, 1.807) is 66.7 Å². The van der Waals surface area contributed by atoms with Gasteiger partial charge in [-0.2, -0.15) is 0 Å². The average molecular weight is 654 g/mol. The van der Waals surface area contributed by atoms with E-state index in [0.29, 0.717) is 38.5 Å². The summed E-state index contributed by atoms with van der Waals surface area (Å²) in [5.74, 6) is -0.839. The molecule has 4 aromatic carbocycles. The molecule has 1 saturated heterocycles. The number of carbonyl (C=O) groups excluding carboxylic acids is 4. The van der Waals surface area contributed by atoms with Crippen LogP contribution in [-0.4, -0.2) is 36.0 Å². The number of anilines is 2. The van der Waals surface area contributed by atoms with E-state index in [2.05, 4.69) is 24.5 Å². The number of halogens is 1. The van der Waals surface area contributed by atoms with E-state index < -0.39 is 17.1 Å². The second-order valence-electron chi connectivity index (χ2n) is 10.9. The highest BCUT2D eigenvalue weighted by atomic mass is 35.5. The smallest absolute Gasteiger partial charge is 0.272 e. The van der Waals surface area contributed by atoms with Crippen LogP contribution < -0.4 is 20.3 Å². The first-order chi connectivity index (χ1) is 22.1. The predicted octanol–water partition coefficient (Wildman–Crippen LogP) is 7.31. The second-order valence-corrected chi connectivity index (χ2v) is 12.6. The Bertz CT molecular complexity index is 1810. The summed E-state index contributed by atoms with van der Waals surface area (Å²) >= 11 is 7.46. The number of carbonyl (C=O) groups is 4. The molecule has 1 aliphatic heterocycles. The van der Waals surface area contributed by atoms with Gasteiger partial charge in [0, 0.05) is 22.6 Å². The molecule has 5 rings (SSSR count). The summed E-state index contributed by atoms with van der Waals surface area (Å²) in [7, 11) is 1.49. The van der Waals surface area contributed by atoms with Crippen LogP contribution in [0, 0.1) is 0 Å². The number of rotatable bonds is 10. The van der Waals surface area contributed by atoms with E-state index in [1.807, 2.05) is 30.3 Å². The fraction of sp³-hybridized carbons (Fsp3) is 0.167. The number of thioether (sulfide) groups is 1. The summed E-state index contributed by atoms with van der Waals surface area (Å²) < 4.78 is 5.17. The Morgan fingerprint density at radius 3 is 2.37 bits per heavy atom. The van der Waals surface area contributed by atoms with Gasteiger partial charge in [0.2, 0.25) is 11.8 Å². The highest BCUT2D eigenvalue weighted by molar-refractivity contribution is 8.00. The third-order valence-corrected chi connectivity index (χ3v) is 8.79. The minimum absolute atomic E-state index is 0.0116. The predicted molar refractivity (Wildman–Crippen MR) is 182 cm³/mol. The number of hydrogen-bond acceptors (Lipinski definition) is 6. The number of ether oxygens (including phenoxy) is 1. The summed E-state index contributed by atoms with van der Waals surface area (Å²) in [6.07, 6.45) is 1.64. The zero-order valence-corrected chi connectivity index (χ0v) is 27.0. The lowest BCUT2D eigenvalue weighted by molar-refractivity contribution is -0.121. The lowest BCUT2D eigenvalue weighted by Gasteiger charge is -2.16. The summed E-state index contributed by atoms with van der Waals surface area (Å²) in [4.78, 5) is 54.5. The number of hydrogen-bond donors (Lipinski definition) is 2. The Hall–Kier alpha value is -4.86. The molecule has 0 radical (unpaired) electrons. The van der Waals surface area contributed by atoms with Crippen molar-refractivity contribution in [3.05, 3.63) is 124 Å². The van der Waals surface area contributed by atoms with Gasteiger partial charge in [-0.05, 0) is 71.7 Å². The van der Waals surface area contributed by atoms with Crippen LogP contribution in [0.4, 0.5) is 11.4 Å². The molecule has 0 unspecified atom stereocenters. The standard InChI is InChI=1S/C36H32ClN3O5S/c1-22(2)24-14-12-23(13-15-24)18-30(39-34(42)25-8-5-4-6-9-25)35(43)38-26-10-7-11-28(19-26)46-32-21-33(41)40(36(32)44)27-16-17-31(45-3)29(37)20-27/h4-20,22,32H,21H2,1-3H3,(H,38,43)(H,39,42)/b30-18-/t32-/m1/s1. The third kappa shape index (κ3) is 7.67. The Balaban J connectivity index is 1.33. The molecule has 46 heavy (non-hydrogen) atoms. The van der Waals surface area contributed by atoms with Crippen LogP contribution in [0.25, 0.3) is 6.08 Å². The highest BCUT2D eigenvalue weighted by Gasteiger charge is 2.40. The molecule has 234 valence electrons. The van der Waals surface area contributed by atoms with E-state index >= 15 is 0 Å². The van der Waals surface area contributed by atoms with Crippen LogP contribution in [-0.2, 0) is 14.4 Å². The van der Waals surface area contributed by atoms with Crippen LogP contribution in [0.2, 0.25) is 5.02 Å². The molecular formula is C36H32ClN3O5S. The highest BCUT2D eigenvalue weighted by Crippen LogP contribution is 2.37. The normalized spacial score (nSPS) is 14.8. The Morgan fingerprint density at radius 2 is 1.70 bits per heavy atom. The summed E-state index contributed by atoms with van der Waals surface area (Å²) in [5, 5.41) is 5.25. The monoisotopic (exact) mass is 653 g/mol. The molecule has 2 N–H and O–H groups in total. The van der Waals surface area contributed by atoms with Crippen molar-refractivity contribution in [2.45, 2.75) is 36.3 Å². The van der Waals surface area contributed by atoms with E-state index in [4.69, 9.17) is 16.3 Å². The first-order valence-corrected chi connectivity index (χ1v) is 15.8. The molecular weight excluding hydrogens is 622 g/mol. The van der Waals surface area contributed by atoms with Crippen LogP contribution in [0.3, 0.4) is 0 Å². The van der Waals surface area contributed by atoms with Crippen molar-refractivity contribution in [2.24, 2.45) is 0 Å². The lowest BCUT2D eigenvalue weighted by Crippen LogP contribution is -2.31. The minimum atomic E-state index is -0.659. The van der Waals surface area contributed by atoms with Crippen molar-refractivity contribution in [1.82, 2.24) is 5.32 Å². The largest absolute Gasteiger partial charge is 0.495 e. The van der Waals surface area contributed by atoms with Gasteiger partial charge in [-0.3, -0.25) is 19.2 Å². The molecule has 10 heteroatoms. The first kappa shape index (κ1) is 32.5. The number of benzene rings is 4. The van der Waals surface area contributed by atoms with Crippen molar-refractivity contribution in [1.29, 1.82) is 0 Å². The molecule has 1 heterocycles. The number of nitrogens with one attached hydrogen (secondary N) is 2. The van der Waals surface area contributed by atoms with Crippen LogP contribution in [0.1, 0.15) is 47.7 Å².